The van der Waals surface area contributed by atoms with Gasteiger partial charge in [0.25, 0.3) is 5.56 Å². The maximum absolute atomic E-state index is 12.8. The molecule has 26 heavy (non-hydrogen) atoms. The minimum atomic E-state index is -0.0627. The van der Waals surface area contributed by atoms with Gasteiger partial charge in [-0.15, -0.1) is 0 Å². The molecule has 0 saturated carbocycles. The molecule has 0 spiro atoms. The van der Waals surface area contributed by atoms with Gasteiger partial charge in [0.1, 0.15) is 0 Å². The zero-order chi connectivity index (χ0) is 18.8. The van der Waals surface area contributed by atoms with E-state index in [1.54, 1.807) is 10.6 Å². The molecule has 0 aliphatic rings. The van der Waals surface area contributed by atoms with Gasteiger partial charge in [0, 0.05) is 11.6 Å². The molecule has 3 rings (SSSR count). The van der Waals surface area contributed by atoms with E-state index in [0.717, 1.165) is 16.7 Å². The fourth-order valence-electron chi connectivity index (χ4n) is 2.93. The summed E-state index contributed by atoms with van der Waals surface area (Å²) in [6.45, 7) is 7.82. The van der Waals surface area contributed by atoms with Crippen LogP contribution in [0.4, 0.5) is 0 Å². The standard InChI is InChI=1S/C21H22N2O2S/c1-13(2)23-20(25)16-7-5-6-8-18(16)22-21(23)26-12-19(24)17-11-14(3)9-10-15(17)4/h5-11,13H,12H2,1-4H3. The first-order chi connectivity index (χ1) is 12.4. The molecule has 2 aromatic carbocycles. The van der Waals surface area contributed by atoms with Crippen LogP contribution in [0.2, 0.25) is 0 Å². The van der Waals surface area contributed by atoms with Crippen LogP contribution in [-0.2, 0) is 0 Å². The van der Waals surface area contributed by atoms with E-state index in [1.807, 2.05) is 64.1 Å². The van der Waals surface area contributed by atoms with Crippen molar-refractivity contribution < 1.29 is 4.79 Å². The van der Waals surface area contributed by atoms with Gasteiger partial charge in [0.05, 0.1) is 16.7 Å². The molecule has 0 atom stereocenters. The Morgan fingerprint density at radius 3 is 2.62 bits per heavy atom. The number of hydrogen-bond donors (Lipinski definition) is 0. The van der Waals surface area contributed by atoms with Crippen LogP contribution in [0, 0.1) is 13.8 Å². The molecule has 134 valence electrons. The van der Waals surface area contributed by atoms with Crippen LogP contribution in [0.25, 0.3) is 10.9 Å². The Balaban J connectivity index is 1.96. The number of ketones is 1. The number of thioether (sulfide) groups is 1. The normalized spacial score (nSPS) is 11.3. The fourth-order valence-corrected chi connectivity index (χ4v) is 3.94. The quantitative estimate of drug-likeness (QED) is 0.377. The number of fused-ring (bicyclic) bond motifs is 1. The number of Topliss-reactive ketones (excluding diaryl/α,β-unsaturated/α-hetero) is 1. The summed E-state index contributed by atoms with van der Waals surface area (Å²) in [6.07, 6.45) is 0. The first kappa shape index (κ1) is 18.4. The Morgan fingerprint density at radius 1 is 1.15 bits per heavy atom. The number of carbonyl (C=O) groups is 1. The van der Waals surface area contributed by atoms with E-state index in [2.05, 4.69) is 4.98 Å². The minimum absolute atomic E-state index is 0.0297. The molecule has 0 amide bonds. The Labute approximate surface area is 157 Å². The van der Waals surface area contributed by atoms with Crippen LogP contribution >= 0.6 is 11.8 Å². The summed E-state index contributed by atoms with van der Waals surface area (Å²) in [4.78, 5) is 30.2. The molecular weight excluding hydrogens is 344 g/mol. The van der Waals surface area contributed by atoms with Crippen molar-refractivity contribution in [3.8, 4) is 0 Å². The fraction of sp³-hybridized carbons (Fsp3) is 0.286. The predicted octanol–water partition coefficient (Wildman–Crippen LogP) is 4.57. The monoisotopic (exact) mass is 366 g/mol. The highest BCUT2D eigenvalue weighted by Crippen LogP contribution is 2.23. The van der Waals surface area contributed by atoms with Crippen molar-refractivity contribution in [2.75, 3.05) is 5.75 Å². The van der Waals surface area contributed by atoms with Gasteiger partial charge in [-0.05, 0) is 51.5 Å². The van der Waals surface area contributed by atoms with E-state index in [9.17, 15) is 9.59 Å². The van der Waals surface area contributed by atoms with Crippen molar-refractivity contribution in [3.63, 3.8) is 0 Å². The first-order valence-corrected chi connectivity index (χ1v) is 9.61. The molecule has 5 heteroatoms. The first-order valence-electron chi connectivity index (χ1n) is 8.63. The van der Waals surface area contributed by atoms with E-state index < -0.39 is 0 Å². The van der Waals surface area contributed by atoms with Gasteiger partial charge < -0.3 is 0 Å². The molecule has 0 unspecified atom stereocenters. The topological polar surface area (TPSA) is 52.0 Å². The average Bonchev–Trinajstić information content (AvgIpc) is 2.61. The van der Waals surface area contributed by atoms with Gasteiger partial charge in [-0.1, -0.05) is 41.6 Å². The van der Waals surface area contributed by atoms with Crippen molar-refractivity contribution >= 4 is 28.4 Å². The van der Waals surface area contributed by atoms with Crippen LogP contribution in [-0.4, -0.2) is 21.1 Å². The van der Waals surface area contributed by atoms with E-state index >= 15 is 0 Å². The van der Waals surface area contributed by atoms with Crippen LogP contribution in [0.5, 0.6) is 0 Å². The number of nitrogens with zero attached hydrogens (tertiary/aromatic N) is 2. The second-order valence-electron chi connectivity index (χ2n) is 6.71. The zero-order valence-corrected chi connectivity index (χ0v) is 16.3. The van der Waals surface area contributed by atoms with E-state index in [0.29, 0.717) is 16.1 Å². The maximum atomic E-state index is 12.8. The summed E-state index contributed by atoms with van der Waals surface area (Å²) < 4.78 is 1.67. The second kappa shape index (κ2) is 7.46. The number of rotatable bonds is 5. The molecule has 1 aromatic heterocycles. The van der Waals surface area contributed by atoms with Crippen molar-refractivity contribution in [2.24, 2.45) is 0 Å². The minimum Gasteiger partial charge on any atom is -0.293 e. The SMILES string of the molecule is Cc1ccc(C)c(C(=O)CSc2nc3ccccc3c(=O)n2C(C)C)c1. The van der Waals surface area contributed by atoms with Crippen molar-refractivity contribution in [1.82, 2.24) is 9.55 Å². The lowest BCUT2D eigenvalue weighted by atomic mass is 10.0. The third kappa shape index (κ3) is 3.58. The molecule has 4 nitrogen and oxygen atoms in total. The van der Waals surface area contributed by atoms with Gasteiger partial charge in [-0.25, -0.2) is 4.98 Å². The lowest BCUT2D eigenvalue weighted by Gasteiger charge is -2.16. The molecule has 0 saturated heterocycles. The number of carbonyl (C=O) groups excluding carboxylic acids is 1. The zero-order valence-electron chi connectivity index (χ0n) is 15.4. The summed E-state index contributed by atoms with van der Waals surface area (Å²) in [5.74, 6) is 0.302. The third-order valence-electron chi connectivity index (χ3n) is 4.32. The molecule has 0 bridgehead atoms. The van der Waals surface area contributed by atoms with E-state index in [-0.39, 0.29) is 23.1 Å². The Bertz CT molecular complexity index is 1040. The van der Waals surface area contributed by atoms with E-state index in [1.165, 1.54) is 11.8 Å². The lowest BCUT2D eigenvalue weighted by Crippen LogP contribution is -2.25. The van der Waals surface area contributed by atoms with Crippen molar-refractivity contribution in [2.45, 2.75) is 38.9 Å². The predicted molar refractivity (Wildman–Crippen MR) is 107 cm³/mol. The molecule has 1 heterocycles. The van der Waals surface area contributed by atoms with E-state index in [4.69, 9.17) is 0 Å². The van der Waals surface area contributed by atoms with Crippen LogP contribution in [0.3, 0.4) is 0 Å². The van der Waals surface area contributed by atoms with Crippen LogP contribution in [0.1, 0.15) is 41.4 Å². The maximum Gasteiger partial charge on any atom is 0.262 e. The van der Waals surface area contributed by atoms with Gasteiger partial charge in [-0.3, -0.25) is 14.2 Å². The molecular formula is C21H22N2O2S. The van der Waals surface area contributed by atoms with Crippen molar-refractivity contribution in [1.29, 1.82) is 0 Å². The van der Waals surface area contributed by atoms with Gasteiger partial charge in [0.2, 0.25) is 0 Å². The largest absolute Gasteiger partial charge is 0.293 e. The van der Waals surface area contributed by atoms with Crippen LogP contribution < -0.4 is 5.56 Å². The molecule has 0 radical (unpaired) electrons. The van der Waals surface area contributed by atoms with Gasteiger partial charge in [0.15, 0.2) is 10.9 Å². The molecule has 0 aliphatic heterocycles. The number of para-hydroxylation sites is 1. The summed E-state index contributed by atoms with van der Waals surface area (Å²) in [5, 5.41) is 1.19. The summed E-state index contributed by atoms with van der Waals surface area (Å²) in [7, 11) is 0. The number of hydrogen-bond acceptors (Lipinski definition) is 4. The lowest BCUT2D eigenvalue weighted by molar-refractivity contribution is 0.102. The molecule has 0 N–H and O–H groups in total. The van der Waals surface area contributed by atoms with Crippen molar-refractivity contribution in [3.05, 3.63) is 69.5 Å². The highest BCUT2D eigenvalue weighted by Gasteiger charge is 2.16. The average molecular weight is 366 g/mol. The smallest absolute Gasteiger partial charge is 0.262 e. The number of aromatic nitrogens is 2. The second-order valence-corrected chi connectivity index (χ2v) is 7.65. The highest BCUT2D eigenvalue weighted by molar-refractivity contribution is 7.99. The van der Waals surface area contributed by atoms with Crippen LogP contribution in [0.15, 0.2) is 52.4 Å². The summed E-state index contributed by atoms with van der Waals surface area (Å²) in [6, 6.07) is 13.2. The summed E-state index contributed by atoms with van der Waals surface area (Å²) in [5.41, 5.74) is 3.36. The number of benzene rings is 2. The Hall–Kier alpha value is -2.40. The Morgan fingerprint density at radius 2 is 1.88 bits per heavy atom. The molecule has 0 fully saturated rings. The highest BCUT2D eigenvalue weighted by atomic mass is 32.2. The van der Waals surface area contributed by atoms with Gasteiger partial charge in [-0.2, -0.15) is 0 Å². The third-order valence-corrected chi connectivity index (χ3v) is 5.27. The Kier molecular flexibility index (Phi) is 5.28. The van der Waals surface area contributed by atoms with Gasteiger partial charge >= 0.3 is 0 Å². The summed E-state index contributed by atoms with van der Waals surface area (Å²) >= 11 is 1.32. The number of aryl methyl sites for hydroxylation is 2. The molecule has 3 aromatic rings. The molecule has 0 aliphatic carbocycles.